The molecule has 2 rings (SSSR count). The zero-order valence-electron chi connectivity index (χ0n) is 13.1. The van der Waals surface area contributed by atoms with E-state index in [4.69, 9.17) is 16.0 Å². The Bertz CT molecular complexity index is 568. The average molecular weight is 333 g/mol. The van der Waals surface area contributed by atoms with Crippen LogP contribution in [0.1, 0.15) is 20.8 Å². The maximum Gasteiger partial charge on any atom is 0.311 e. The first kappa shape index (κ1) is 16.8. The van der Waals surface area contributed by atoms with Crippen LogP contribution in [0, 0.1) is 5.41 Å². The summed E-state index contributed by atoms with van der Waals surface area (Å²) in [6, 6.07) is 19.8. The Morgan fingerprint density at radius 2 is 1.36 bits per heavy atom. The van der Waals surface area contributed by atoms with Gasteiger partial charge in [-0.15, -0.1) is 11.6 Å². The molecule has 0 aliphatic heterocycles. The molecule has 1 unspecified atom stereocenters. The van der Waals surface area contributed by atoms with Crippen molar-refractivity contribution >= 4 is 37.0 Å². The number of benzene rings is 2. The van der Waals surface area contributed by atoms with Crippen LogP contribution in [0.2, 0.25) is 0 Å². The van der Waals surface area contributed by atoms with Gasteiger partial charge in [0.15, 0.2) is 0 Å². The van der Waals surface area contributed by atoms with Gasteiger partial charge >= 0.3 is 15.0 Å². The number of rotatable bonds is 4. The van der Waals surface area contributed by atoms with Crippen molar-refractivity contribution in [2.75, 3.05) is 0 Å². The molecule has 0 heterocycles. The van der Waals surface area contributed by atoms with Crippen LogP contribution in [-0.4, -0.2) is 20.4 Å². The highest BCUT2D eigenvalue weighted by molar-refractivity contribution is 6.81. The van der Waals surface area contributed by atoms with Crippen LogP contribution >= 0.6 is 11.6 Å². The Balaban J connectivity index is 2.29. The van der Waals surface area contributed by atoms with Crippen LogP contribution in [0.25, 0.3) is 0 Å². The number of hydrogen-bond acceptors (Lipinski definition) is 2. The Hall–Kier alpha value is -1.58. The lowest BCUT2D eigenvalue weighted by atomic mass is 9.92. The Morgan fingerprint density at radius 1 is 0.955 bits per heavy atom. The van der Waals surface area contributed by atoms with E-state index in [9.17, 15) is 4.79 Å². The Morgan fingerprint density at radius 3 is 1.73 bits per heavy atom. The molecule has 2 aromatic rings. The topological polar surface area (TPSA) is 26.3 Å². The molecule has 2 aromatic carbocycles. The molecular weight excluding hydrogens is 312 g/mol. The van der Waals surface area contributed by atoms with Gasteiger partial charge in [-0.1, -0.05) is 81.4 Å². The first-order valence-corrected chi connectivity index (χ1v) is 9.40. The van der Waals surface area contributed by atoms with Gasteiger partial charge in [0.2, 0.25) is 0 Å². The van der Waals surface area contributed by atoms with E-state index in [1.54, 1.807) is 0 Å². The lowest BCUT2D eigenvalue weighted by Gasteiger charge is -2.26. The van der Waals surface area contributed by atoms with Crippen molar-refractivity contribution in [3.8, 4) is 0 Å². The van der Waals surface area contributed by atoms with Crippen LogP contribution in [-0.2, 0) is 9.22 Å². The van der Waals surface area contributed by atoms with Gasteiger partial charge in [-0.2, -0.15) is 0 Å². The van der Waals surface area contributed by atoms with Crippen molar-refractivity contribution in [1.82, 2.24) is 0 Å². The fourth-order valence-corrected chi connectivity index (χ4v) is 4.42. The summed E-state index contributed by atoms with van der Waals surface area (Å²) in [7, 11) is -2.07. The van der Waals surface area contributed by atoms with Gasteiger partial charge in [0.25, 0.3) is 0 Å². The predicted octanol–water partition coefficient (Wildman–Crippen LogP) is 2.72. The standard InChI is InChI=1S/C18H21ClO2Si/c1-18(2,3)16(19)17(20)21-22(14-10-6-4-7-11-14)15-12-8-5-9-13-15/h4-13,16,22H,1-3H3. The van der Waals surface area contributed by atoms with E-state index in [-0.39, 0.29) is 11.4 Å². The average Bonchev–Trinajstić information content (AvgIpc) is 2.52. The molecule has 0 spiro atoms. The molecule has 1 atom stereocenters. The summed E-state index contributed by atoms with van der Waals surface area (Å²) in [5.41, 5.74) is -0.328. The molecule has 116 valence electrons. The van der Waals surface area contributed by atoms with Crippen molar-refractivity contribution in [3.63, 3.8) is 0 Å². The van der Waals surface area contributed by atoms with E-state index in [0.29, 0.717) is 0 Å². The summed E-state index contributed by atoms with van der Waals surface area (Å²) in [5.74, 6) is -0.335. The first-order chi connectivity index (χ1) is 10.4. The van der Waals surface area contributed by atoms with Gasteiger partial charge in [0.1, 0.15) is 5.38 Å². The largest absolute Gasteiger partial charge is 0.512 e. The number of halogens is 1. The SMILES string of the molecule is CC(C)(C)C(Cl)C(=O)O[SiH](c1ccccc1)c1ccccc1. The van der Waals surface area contributed by atoms with Gasteiger partial charge in [-0.3, -0.25) is 4.79 Å². The second kappa shape index (κ2) is 7.12. The van der Waals surface area contributed by atoms with Gasteiger partial charge in [-0.25, -0.2) is 0 Å². The lowest BCUT2D eigenvalue weighted by molar-refractivity contribution is -0.135. The molecule has 2 nitrogen and oxygen atoms in total. The van der Waals surface area contributed by atoms with Gasteiger partial charge in [0.05, 0.1) is 0 Å². The van der Waals surface area contributed by atoms with E-state index >= 15 is 0 Å². The first-order valence-electron chi connectivity index (χ1n) is 7.34. The minimum Gasteiger partial charge on any atom is -0.512 e. The summed E-state index contributed by atoms with van der Waals surface area (Å²) in [6.45, 7) is 5.81. The third-order valence-corrected chi connectivity index (χ3v) is 6.69. The zero-order valence-corrected chi connectivity index (χ0v) is 15.0. The zero-order chi connectivity index (χ0) is 16.2. The van der Waals surface area contributed by atoms with Crippen molar-refractivity contribution in [2.24, 2.45) is 5.41 Å². The monoisotopic (exact) mass is 332 g/mol. The molecular formula is C18H21ClO2Si. The van der Waals surface area contributed by atoms with E-state index in [2.05, 4.69) is 0 Å². The molecule has 0 aromatic heterocycles. The molecule has 0 amide bonds. The fraction of sp³-hybridized carbons (Fsp3) is 0.278. The number of hydrogen-bond donors (Lipinski definition) is 0. The van der Waals surface area contributed by atoms with Gasteiger partial charge in [-0.05, 0) is 15.8 Å². The van der Waals surface area contributed by atoms with Gasteiger partial charge < -0.3 is 4.43 Å². The predicted molar refractivity (Wildman–Crippen MR) is 94.5 cm³/mol. The van der Waals surface area contributed by atoms with Crippen LogP contribution < -0.4 is 10.4 Å². The van der Waals surface area contributed by atoms with E-state index < -0.39 is 14.4 Å². The fourth-order valence-electron chi connectivity index (χ4n) is 2.11. The molecule has 4 heteroatoms. The second-order valence-corrected chi connectivity index (χ2v) is 9.13. The highest BCUT2D eigenvalue weighted by Gasteiger charge is 2.33. The Labute approximate surface area is 138 Å². The summed E-state index contributed by atoms with van der Waals surface area (Å²) >= 11 is 6.27. The van der Waals surface area contributed by atoms with E-state index in [1.807, 2.05) is 81.4 Å². The molecule has 0 saturated heterocycles. The molecule has 0 aliphatic rings. The highest BCUT2D eigenvalue weighted by Crippen LogP contribution is 2.25. The van der Waals surface area contributed by atoms with Gasteiger partial charge in [0, 0.05) is 0 Å². The van der Waals surface area contributed by atoms with Crippen LogP contribution in [0.5, 0.6) is 0 Å². The van der Waals surface area contributed by atoms with E-state index in [0.717, 1.165) is 10.4 Å². The quantitative estimate of drug-likeness (QED) is 0.635. The third-order valence-electron chi connectivity index (χ3n) is 3.41. The summed E-state index contributed by atoms with van der Waals surface area (Å²) in [4.78, 5) is 12.4. The van der Waals surface area contributed by atoms with Crippen molar-refractivity contribution in [1.29, 1.82) is 0 Å². The van der Waals surface area contributed by atoms with Crippen LogP contribution in [0.4, 0.5) is 0 Å². The molecule has 0 saturated carbocycles. The van der Waals surface area contributed by atoms with E-state index in [1.165, 1.54) is 0 Å². The molecule has 0 fully saturated rings. The summed E-state index contributed by atoms with van der Waals surface area (Å²) in [5, 5.41) is 1.48. The van der Waals surface area contributed by atoms with Crippen molar-refractivity contribution < 1.29 is 9.22 Å². The molecule has 22 heavy (non-hydrogen) atoms. The summed E-state index contributed by atoms with van der Waals surface area (Å²) in [6.07, 6.45) is 0. The minimum absolute atomic E-state index is 0.328. The van der Waals surface area contributed by atoms with Crippen molar-refractivity contribution in [3.05, 3.63) is 60.7 Å². The summed E-state index contributed by atoms with van der Waals surface area (Å²) < 4.78 is 5.88. The number of alkyl halides is 1. The Kier molecular flexibility index (Phi) is 5.43. The number of carbonyl (C=O) groups excluding carboxylic acids is 1. The van der Waals surface area contributed by atoms with Crippen LogP contribution in [0.15, 0.2) is 60.7 Å². The second-order valence-electron chi connectivity index (χ2n) is 6.37. The molecule has 0 aliphatic carbocycles. The maximum absolute atomic E-state index is 12.4. The normalized spacial score (nSPS) is 13.0. The molecule has 0 radical (unpaired) electrons. The molecule has 0 bridgehead atoms. The maximum atomic E-state index is 12.4. The minimum atomic E-state index is -2.07. The molecule has 0 N–H and O–H groups in total. The highest BCUT2D eigenvalue weighted by atomic mass is 35.5. The smallest absolute Gasteiger partial charge is 0.311 e. The lowest BCUT2D eigenvalue weighted by Crippen LogP contribution is -2.48. The third kappa shape index (κ3) is 4.21. The van der Waals surface area contributed by atoms with Crippen molar-refractivity contribution in [2.45, 2.75) is 26.1 Å². The van der Waals surface area contributed by atoms with Crippen LogP contribution in [0.3, 0.4) is 0 Å². The number of carbonyl (C=O) groups is 1.